The lowest BCUT2D eigenvalue weighted by atomic mass is 9.77. The second kappa shape index (κ2) is 6.10. The molecule has 3 nitrogen and oxygen atoms in total. The average molecular weight is 247 g/mol. The van der Waals surface area contributed by atoms with Crippen LogP contribution in [0.25, 0.3) is 0 Å². The van der Waals surface area contributed by atoms with Gasteiger partial charge in [0.1, 0.15) is 5.78 Å². The van der Waals surface area contributed by atoms with E-state index in [0.29, 0.717) is 24.2 Å². The van der Waals surface area contributed by atoms with E-state index >= 15 is 0 Å². The molecule has 0 amide bonds. The summed E-state index contributed by atoms with van der Waals surface area (Å²) in [5, 5.41) is 0. The molecule has 0 saturated heterocycles. The molecule has 0 bridgehead atoms. The maximum Gasteiger partial charge on any atom is 0.140 e. The lowest BCUT2D eigenvalue weighted by molar-refractivity contribution is -0.123. The van der Waals surface area contributed by atoms with Crippen LogP contribution in [-0.2, 0) is 9.53 Å². The van der Waals surface area contributed by atoms with Gasteiger partial charge in [0.05, 0.1) is 6.10 Å². The minimum absolute atomic E-state index is 0.0147. The molecule has 1 aromatic heterocycles. The fourth-order valence-corrected chi connectivity index (χ4v) is 2.51. The Morgan fingerprint density at radius 2 is 2.11 bits per heavy atom. The number of carbonyl (C=O) groups is 1. The smallest absolute Gasteiger partial charge is 0.140 e. The number of aromatic nitrogens is 1. The van der Waals surface area contributed by atoms with Gasteiger partial charge in [-0.05, 0) is 43.4 Å². The second-order valence-corrected chi connectivity index (χ2v) is 5.09. The first kappa shape index (κ1) is 13.2. The third kappa shape index (κ3) is 3.16. The molecule has 1 heterocycles. The van der Waals surface area contributed by atoms with Gasteiger partial charge in [-0.3, -0.25) is 9.78 Å². The molecule has 1 aromatic rings. The van der Waals surface area contributed by atoms with Gasteiger partial charge in [0.25, 0.3) is 0 Å². The molecule has 1 atom stereocenters. The highest BCUT2D eigenvalue weighted by Crippen LogP contribution is 2.34. The minimum atomic E-state index is -0.0147. The first-order valence-corrected chi connectivity index (χ1v) is 6.75. The van der Waals surface area contributed by atoms with Crippen LogP contribution in [0.5, 0.6) is 0 Å². The highest BCUT2D eigenvalue weighted by atomic mass is 16.5. The summed E-state index contributed by atoms with van der Waals surface area (Å²) in [4.78, 5) is 16.1. The summed E-state index contributed by atoms with van der Waals surface area (Å²) in [6.07, 6.45) is 6.66. The molecular formula is C15H21NO2. The molecule has 2 rings (SSSR count). The number of nitrogens with zero attached hydrogens (tertiary/aromatic N) is 1. The molecule has 0 aliphatic heterocycles. The number of pyridine rings is 1. The number of hydrogen-bond acceptors (Lipinski definition) is 3. The number of rotatable bonds is 6. The fraction of sp³-hybridized carbons (Fsp3) is 0.600. The zero-order valence-corrected chi connectivity index (χ0v) is 11.1. The first-order valence-electron chi connectivity index (χ1n) is 6.75. The number of Topliss-reactive ketones (excluding diaryl/α,β-unsaturated/α-hetero) is 1. The monoisotopic (exact) mass is 247 g/mol. The molecule has 3 heteroatoms. The van der Waals surface area contributed by atoms with Gasteiger partial charge in [0, 0.05) is 31.3 Å². The second-order valence-electron chi connectivity index (χ2n) is 5.09. The molecule has 0 N–H and O–H groups in total. The summed E-state index contributed by atoms with van der Waals surface area (Å²) in [6, 6.07) is 3.85. The Balaban J connectivity index is 1.79. The first-order chi connectivity index (χ1) is 8.70. The zero-order chi connectivity index (χ0) is 13.0. The molecule has 1 saturated carbocycles. The van der Waals surface area contributed by atoms with Crippen molar-refractivity contribution in [2.45, 2.75) is 45.1 Å². The van der Waals surface area contributed by atoms with Crippen molar-refractivity contribution in [3.05, 3.63) is 30.1 Å². The Hall–Kier alpha value is -1.22. The molecule has 0 radical (unpaired) electrons. The van der Waals surface area contributed by atoms with Crippen LogP contribution >= 0.6 is 0 Å². The van der Waals surface area contributed by atoms with E-state index in [-0.39, 0.29) is 5.92 Å². The summed E-state index contributed by atoms with van der Waals surface area (Å²) in [5.74, 6) is 0.846. The topological polar surface area (TPSA) is 39.2 Å². The van der Waals surface area contributed by atoms with Gasteiger partial charge in [-0.2, -0.15) is 0 Å². The molecule has 1 fully saturated rings. The van der Waals surface area contributed by atoms with Gasteiger partial charge in [0.15, 0.2) is 0 Å². The van der Waals surface area contributed by atoms with Crippen LogP contribution in [0.3, 0.4) is 0 Å². The van der Waals surface area contributed by atoms with Crippen LogP contribution in [0.1, 0.15) is 44.6 Å². The molecule has 1 aliphatic carbocycles. The van der Waals surface area contributed by atoms with E-state index in [2.05, 4.69) is 4.98 Å². The highest BCUT2D eigenvalue weighted by molar-refractivity contribution is 5.85. The Labute approximate surface area is 109 Å². The minimum Gasteiger partial charge on any atom is -0.378 e. The molecule has 0 spiro atoms. The van der Waals surface area contributed by atoms with E-state index in [9.17, 15) is 4.79 Å². The molecular weight excluding hydrogens is 226 g/mol. The Kier molecular flexibility index (Phi) is 4.48. The third-order valence-corrected chi connectivity index (χ3v) is 3.77. The van der Waals surface area contributed by atoms with Crippen molar-refractivity contribution in [2.75, 3.05) is 6.61 Å². The van der Waals surface area contributed by atoms with Gasteiger partial charge >= 0.3 is 0 Å². The van der Waals surface area contributed by atoms with Crippen LogP contribution < -0.4 is 0 Å². The predicted octanol–water partition coefficient (Wildman–Crippen LogP) is 2.96. The van der Waals surface area contributed by atoms with Crippen LogP contribution in [0.4, 0.5) is 0 Å². The largest absolute Gasteiger partial charge is 0.378 e. The van der Waals surface area contributed by atoms with Crippen LogP contribution in [0.2, 0.25) is 0 Å². The van der Waals surface area contributed by atoms with Gasteiger partial charge in [0.2, 0.25) is 0 Å². The van der Waals surface area contributed by atoms with E-state index in [1.165, 1.54) is 0 Å². The third-order valence-electron chi connectivity index (χ3n) is 3.77. The summed E-state index contributed by atoms with van der Waals surface area (Å²) < 4.78 is 5.52. The zero-order valence-electron chi connectivity index (χ0n) is 11.1. The van der Waals surface area contributed by atoms with Crippen molar-refractivity contribution in [2.24, 2.45) is 5.92 Å². The number of ether oxygens (including phenoxy) is 1. The standard InChI is InChI=1S/C15H21NO2/c1-3-18-14-8-12(9-14)10-15(17)11(2)13-4-6-16-7-5-13/h4-7,11-12,14H,3,8-10H2,1-2H3. The molecule has 0 aromatic carbocycles. The maximum absolute atomic E-state index is 12.1. The van der Waals surface area contributed by atoms with E-state index in [1.54, 1.807) is 12.4 Å². The van der Waals surface area contributed by atoms with Gasteiger partial charge in [-0.25, -0.2) is 0 Å². The molecule has 98 valence electrons. The van der Waals surface area contributed by atoms with Gasteiger partial charge in [-0.15, -0.1) is 0 Å². The SMILES string of the molecule is CCOC1CC(CC(=O)C(C)c2ccncc2)C1. The predicted molar refractivity (Wildman–Crippen MR) is 70.4 cm³/mol. The van der Waals surface area contributed by atoms with E-state index < -0.39 is 0 Å². The molecule has 18 heavy (non-hydrogen) atoms. The maximum atomic E-state index is 12.1. The summed E-state index contributed by atoms with van der Waals surface area (Å²) in [6.45, 7) is 4.78. The van der Waals surface area contributed by atoms with Crippen LogP contribution in [0.15, 0.2) is 24.5 Å². The van der Waals surface area contributed by atoms with Crippen molar-refractivity contribution >= 4 is 5.78 Å². The van der Waals surface area contributed by atoms with Crippen molar-refractivity contribution in [1.82, 2.24) is 4.98 Å². The summed E-state index contributed by atoms with van der Waals surface area (Å²) >= 11 is 0. The fourth-order valence-electron chi connectivity index (χ4n) is 2.51. The quantitative estimate of drug-likeness (QED) is 0.775. The lowest BCUT2D eigenvalue weighted by Gasteiger charge is -2.35. The number of ketones is 1. The summed E-state index contributed by atoms with van der Waals surface area (Å²) in [7, 11) is 0. The molecule has 1 aliphatic rings. The van der Waals surface area contributed by atoms with Crippen LogP contribution in [0, 0.1) is 5.92 Å². The average Bonchev–Trinajstić information content (AvgIpc) is 2.36. The van der Waals surface area contributed by atoms with Crippen molar-refractivity contribution in [3.63, 3.8) is 0 Å². The van der Waals surface area contributed by atoms with Crippen molar-refractivity contribution in [3.8, 4) is 0 Å². The van der Waals surface area contributed by atoms with E-state index in [4.69, 9.17) is 4.74 Å². The Morgan fingerprint density at radius 3 is 2.72 bits per heavy atom. The van der Waals surface area contributed by atoms with E-state index in [0.717, 1.165) is 25.0 Å². The normalized spacial score (nSPS) is 24.3. The number of carbonyl (C=O) groups excluding carboxylic acids is 1. The molecule has 1 unspecified atom stereocenters. The lowest BCUT2D eigenvalue weighted by Crippen LogP contribution is -2.33. The van der Waals surface area contributed by atoms with Gasteiger partial charge < -0.3 is 4.74 Å². The van der Waals surface area contributed by atoms with E-state index in [1.807, 2.05) is 26.0 Å². The van der Waals surface area contributed by atoms with Crippen molar-refractivity contribution in [1.29, 1.82) is 0 Å². The Morgan fingerprint density at radius 1 is 1.44 bits per heavy atom. The van der Waals surface area contributed by atoms with Crippen molar-refractivity contribution < 1.29 is 9.53 Å². The Bertz CT molecular complexity index is 385. The van der Waals surface area contributed by atoms with Gasteiger partial charge in [-0.1, -0.05) is 6.92 Å². The highest BCUT2D eigenvalue weighted by Gasteiger charge is 2.32. The summed E-state index contributed by atoms with van der Waals surface area (Å²) in [5.41, 5.74) is 1.07. The number of hydrogen-bond donors (Lipinski definition) is 0. The van der Waals surface area contributed by atoms with Crippen LogP contribution in [-0.4, -0.2) is 23.5 Å².